The minimum absolute atomic E-state index is 0.770. The highest BCUT2D eigenvalue weighted by atomic mass is 17.0. The molecule has 0 aromatic heterocycles. The van der Waals surface area contributed by atoms with Crippen LogP contribution in [0.2, 0.25) is 0 Å². The van der Waals surface area contributed by atoms with Gasteiger partial charge in [-0.1, -0.05) is 0 Å². The fraction of sp³-hybridized carbons (Fsp3) is 1.00. The Morgan fingerprint density at radius 3 is 0.864 bits per heavy atom. The van der Waals surface area contributed by atoms with Crippen molar-refractivity contribution in [3.63, 3.8) is 0 Å². The van der Waals surface area contributed by atoms with Crippen LogP contribution in [0.25, 0.3) is 0 Å². The van der Waals surface area contributed by atoms with Crippen LogP contribution in [0.5, 0.6) is 0 Å². The number of hydrogen-bond donors (Lipinski definition) is 0. The van der Waals surface area contributed by atoms with Gasteiger partial charge in [0.25, 0.3) is 20.3 Å². The first kappa shape index (κ1) is 18.8. The van der Waals surface area contributed by atoms with Crippen molar-refractivity contribution >= 4 is 0 Å². The Bertz CT molecular complexity index is 340. The number of nitrogens with zero attached hydrogens (tertiary/aromatic N) is 4. The third-order valence-electron chi connectivity index (χ3n) is 2.24. The minimum atomic E-state index is -1.21. The molecule has 0 amide bonds. The predicted octanol–water partition coefficient (Wildman–Crippen LogP) is -0.948. The molecule has 16 nitrogen and oxygen atoms in total. The molecule has 0 saturated heterocycles. The fourth-order valence-electron chi connectivity index (χ4n) is 1.27. The van der Waals surface area contributed by atoms with Gasteiger partial charge >= 0.3 is 0 Å². The molecule has 0 aliphatic rings. The van der Waals surface area contributed by atoms with Gasteiger partial charge in [-0.3, -0.25) is 0 Å². The smallest absolute Gasteiger partial charge is 0.294 e. The molecule has 0 fully saturated rings. The van der Waals surface area contributed by atoms with Gasteiger partial charge < -0.3 is 19.4 Å². The van der Waals surface area contributed by atoms with Gasteiger partial charge in [-0.2, -0.15) is 0 Å². The van der Waals surface area contributed by atoms with Crippen LogP contribution in [-0.4, -0.2) is 46.8 Å². The summed E-state index contributed by atoms with van der Waals surface area (Å²) in [5, 5.41) is 35.7. The zero-order valence-electron chi connectivity index (χ0n) is 10.7. The first-order valence-corrected chi connectivity index (χ1v) is 5.31. The summed E-state index contributed by atoms with van der Waals surface area (Å²) in [6, 6.07) is 0. The standard InChI is InChI=1S/C6H10N4O12/c11-7(12)19-1-5(2-20-8(13)14)6(3-21-9(15)16)4-22-10(17)18/h5-6H,1-4H2. The maximum atomic E-state index is 10.1. The van der Waals surface area contributed by atoms with Crippen LogP contribution < -0.4 is 0 Å². The Labute approximate surface area is 119 Å². The van der Waals surface area contributed by atoms with Crippen molar-refractivity contribution in [1.82, 2.24) is 0 Å². The third-order valence-corrected chi connectivity index (χ3v) is 2.24. The SMILES string of the molecule is O=[N+]([O-])OCC(CO[N+](=O)[O-])C(CO[N+](=O)[O-])CO[N+](=O)[O-]. The topological polar surface area (TPSA) is 209 Å². The normalized spacial score (nSPS) is 10.1. The van der Waals surface area contributed by atoms with Crippen molar-refractivity contribution in [2.75, 3.05) is 26.4 Å². The van der Waals surface area contributed by atoms with E-state index in [1.54, 1.807) is 0 Å². The summed E-state index contributed by atoms with van der Waals surface area (Å²) >= 11 is 0. The highest BCUT2D eigenvalue weighted by Crippen LogP contribution is 2.16. The molecule has 0 radical (unpaired) electrons. The van der Waals surface area contributed by atoms with Crippen molar-refractivity contribution in [3.05, 3.63) is 40.5 Å². The van der Waals surface area contributed by atoms with Crippen molar-refractivity contribution in [2.24, 2.45) is 11.8 Å². The van der Waals surface area contributed by atoms with Crippen molar-refractivity contribution in [3.8, 4) is 0 Å². The van der Waals surface area contributed by atoms with Gasteiger partial charge in [0.2, 0.25) is 0 Å². The number of rotatable bonds is 13. The average molecular weight is 330 g/mol. The Hall–Kier alpha value is -3.20. The van der Waals surface area contributed by atoms with Gasteiger partial charge in [-0.25, -0.2) is 0 Å². The molecule has 126 valence electrons. The molecule has 0 aliphatic carbocycles. The van der Waals surface area contributed by atoms with E-state index < -0.39 is 58.6 Å². The lowest BCUT2D eigenvalue weighted by Crippen LogP contribution is -2.34. The molecule has 22 heavy (non-hydrogen) atoms. The molecular formula is C6H10N4O12. The first-order chi connectivity index (χ1) is 10.2. The van der Waals surface area contributed by atoms with E-state index in [9.17, 15) is 40.5 Å². The first-order valence-electron chi connectivity index (χ1n) is 5.31. The van der Waals surface area contributed by atoms with Crippen LogP contribution in [0.3, 0.4) is 0 Å². The molecule has 0 heterocycles. The number of hydrogen-bond acceptors (Lipinski definition) is 12. The molecule has 0 aromatic carbocycles. The van der Waals surface area contributed by atoms with Crippen LogP contribution in [-0.2, 0) is 19.4 Å². The quantitative estimate of drug-likeness (QED) is 0.295. The van der Waals surface area contributed by atoms with E-state index in [0.29, 0.717) is 0 Å². The second-order valence-electron chi connectivity index (χ2n) is 3.60. The predicted molar refractivity (Wildman–Crippen MR) is 58.8 cm³/mol. The molecule has 16 heteroatoms. The van der Waals surface area contributed by atoms with Gasteiger partial charge in [0.05, 0.1) is 0 Å². The largest absolute Gasteiger partial charge is 0.314 e. The highest BCUT2D eigenvalue weighted by molar-refractivity contribution is 4.68. The zero-order valence-corrected chi connectivity index (χ0v) is 10.7. The molecular weight excluding hydrogens is 320 g/mol. The fourth-order valence-corrected chi connectivity index (χ4v) is 1.27. The van der Waals surface area contributed by atoms with Gasteiger partial charge in [-0.15, -0.1) is 40.5 Å². The van der Waals surface area contributed by atoms with Crippen LogP contribution in [0, 0.1) is 52.3 Å². The Morgan fingerprint density at radius 1 is 0.545 bits per heavy atom. The lowest BCUT2D eigenvalue weighted by molar-refractivity contribution is -0.776. The second-order valence-corrected chi connectivity index (χ2v) is 3.60. The monoisotopic (exact) mass is 330 g/mol. The minimum Gasteiger partial charge on any atom is -0.314 e. The summed E-state index contributed by atoms with van der Waals surface area (Å²) in [4.78, 5) is 56.5. The summed E-state index contributed by atoms with van der Waals surface area (Å²) in [6.45, 7) is -3.08. The highest BCUT2D eigenvalue weighted by Gasteiger charge is 2.27. The molecule has 0 rings (SSSR count). The molecule has 0 unspecified atom stereocenters. The van der Waals surface area contributed by atoms with Crippen molar-refractivity contribution in [2.45, 2.75) is 0 Å². The maximum absolute atomic E-state index is 10.1. The molecule has 0 aliphatic heterocycles. The van der Waals surface area contributed by atoms with Crippen LogP contribution in [0.15, 0.2) is 0 Å². The van der Waals surface area contributed by atoms with E-state index in [2.05, 4.69) is 19.4 Å². The molecule has 0 saturated carbocycles. The summed E-state index contributed by atoms with van der Waals surface area (Å²) in [6.07, 6.45) is 0. The molecule has 0 N–H and O–H groups in total. The third kappa shape index (κ3) is 9.69. The van der Waals surface area contributed by atoms with Crippen LogP contribution >= 0.6 is 0 Å². The van der Waals surface area contributed by atoms with Gasteiger partial charge in [0, 0.05) is 11.8 Å². The Balaban J connectivity index is 4.84. The maximum Gasteiger partial charge on any atom is 0.294 e. The average Bonchev–Trinajstić information content (AvgIpc) is 2.38. The molecule has 0 bridgehead atoms. The van der Waals surface area contributed by atoms with Crippen LogP contribution in [0.1, 0.15) is 0 Å². The van der Waals surface area contributed by atoms with Gasteiger partial charge in [-0.05, 0) is 0 Å². The lowest BCUT2D eigenvalue weighted by Gasteiger charge is -2.23. The van der Waals surface area contributed by atoms with E-state index in [1.807, 2.05) is 0 Å². The molecule has 0 atom stereocenters. The summed E-state index contributed by atoms with van der Waals surface area (Å²) in [7, 11) is 0. The van der Waals surface area contributed by atoms with Gasteiger partial charge in [0.15, 0.2) is 0 Å². The van der Waals surface area contributed by atoms with Crippen LogP contribution in [0.4, 0.5) is 0 Å². The molecule has 0 aromatic rings. The van der Waals surface area contributed by atoms with E-state index in [1.165, 1.54) is 0 Å². The zero-order chi connectivity index (χ0) is 17.1. The van der Waals surface area contributed by atoms with Crippen molar-refractivity contribution < 1.29 is 39.7 Å². The summed E-state index contributed by atoms with van der Waals surface area (Å²) in [5.74, 6) is -2.42. The van der Waals surface area contributed by atoms with E-state index in [0.717, 1.165) is 0 Å². The molecule has 0 spiro atoms. The van der Waals surface area contributed by atoms with E-state index >= 15 is 0 Å². The summed E-state index contributed by atoms with van der Waals surface area (Å²) < 4.78 is 0. The Kier molecular flexibility index (Phi) is 8.26. The van der Waals surface area contributed by atoms with Crippen molar-refractivity contribution in [1.29, 1.82) is 0 Å². The van der Waals surface area contributed by atoms with E-state index in [4.69, 9.17) is 0 Å². The Morgan fingerprint density at radius 2 is 0.727 bits per heavy atom. The summed E-state index contributed by atoms with van der Waals surface area (Å²) in [5.41, 5.74) is 0. The van der Waals surface area contributed by atoms with Gasteiger partial charge in [0.1, 0.15) is 26.4 Å². The van der Waals surface area contributed by atoms with E-state index in [-0.39, 0.29) is 0 Å². The lowest BCUT2D eigenvalue weighted by atomic mass is 9.95. The second kappa shape index (κ2) is 9.66.